The molecule has 2 aliphatic rings. The molecule has 0 amide bonds. The molecule has 180 valence electrons. The minimum absolute atomic E-state index is 0.522. The van der Waals surface area contributed by atoms with Crippen molar-refractivity contribution in [1.82, 2.24) is 14.9 Å². The number of methoxy groups -OCH3 is 2. The fourth-order valence-corrected chi connectivity index (χ4v) is 5.08. The molecule has 2 heterocycles. The summed E-state index contributed by atoms with van der Waals surface area (Å²) in [6, 6.07) is 15.2. The largest absolute Gasteiger partial charge is 0.496 e. The molecule has 0 atom stereocenters. The Hall–Kier alpha value is -2.70. The highest BCUT2D eigenvalue weighted by Gasteiger charge is 2.30. The van der Waals surface area contributed by atoms with Crippen LogP contribution >= 0.6 is 0 Å². The van der Waals surface area contributed by atoms with Gasteiger partial charge < -0.3 is 14.4 Å². The lowest BCUT2D eigenvalue weighted by Crippen LogP contribution is -2.34. The number of anilines is 1. The third kappa shape index (κ3) is 5.03. The first-order valence-electron chi connectivity index (χ1n) is 12.5. The van der Waals surface area contributed by atoms with Crippen LogP contribution in [0.4, 0.5) is 5.82 Å². The Bertz CT molecular complexity index is 1120. The molecule has 1 aromatic heterocycles. The van der Waals surface area contributed by atoms with Crippen molar-refractivity contribution in [2.45, 2.75) is 44.1 Å². The van der Waals surface area contributed by atoms with E-state index in [0.717, 1.165) is 68.5 Å². The summed E-state index contributed by atoms with van der Waals surface area (Å²) >= 11 is 0. The Labute approximate surface area is 202 Å². The quantitative estimate of drug-likeness (QED) is 0.449. The van der Waals surface area contributed by atoms with Crippen molar-refractivity contribution in [3.63, 3.8) is 0 Å². The summed E-state index contributed by atoms with van der Waals surface area (Å²) in [5.74, 6) is 4.21. The van der Waals surface area contributed by atoms with Crippen LogP contribution in [0.3, 0.4) is 0 Å². The van der Waals surface area contributed by atoms with Crippen LogP contribution in [0.2, 0.25) is 0 Å². The fraction of sp³-hybridized carbons (Fsp3) is 0.500. The Morgan fingerprint density at radius 3 is 2.50 bits per heavy atom. The molecule has 6 nitrogen and oxygen atoms in total. The van der Waals surface area contributed by atoms with Crippen molar-refractivity contribution in [2.75, 3.05) is 52.4 Å². The number of para-hydroxylation sites is 1. The SMILES string of the molecule is COCCN(C)Cc1ccc2nc(C3CC3)nc(N3CCC(c4ccccc4OC)CC3)c2c1. The number of hydrogen-bond acceptors (Lipinski definition) is 6. The van der Waals surface area contributed by atoms with Gasteiger partial charge in [0, 0.05) is 44.6 Å². The Morgan fingerprint density at radius 1 is 0.971 bits per heavy atom. The highest BCUT2D eigenvalue weighted by atomic mass is 16.5. The standard InChI is InChI=1S/C28H36N4O2/c1-31(16-17-33-2)19-20-8-11-25-24(18-20)28(30-27(29-25)22-9-10-22)32-14-12-21(13-15-32)23-6-4-5-7-26(23)34-3/h4-8,11,18,21-22H,9-10,12-17,19H2,1-3H3. The number of ether oxygens (including phenoxy) is 2. The summed E-state index contributed by atoms with van der Waals surface area (Å²) in [6.07, 6.45) is 4.63. The molecule has 0 unspecified atom stereocenters. The lowest BCUT2D eigenvalue weighted by Gasteiger charge is -2.34. The maximum absolute atomic E-state index is 5.64. The zero-order valence-corrected chi connectivity index (χ0v) is 20.7. The predicted molar refractivity (Wildman–Crippen MR) is 137 cm³/mol. The summed E-state index contributed by atoms with van der Waals surface area (Å²) in [5, 5.41) is 1.18. The molecule has 0 spiro atoms. The molecule has 0 radical (unpaired) electrons. The van der Waals surface area contributed by atoms with Crippen LogP contribution in [0.25, 0.3) is 10.9 Å². The summed E-state index contributed by atoms with van der Waals surface area (Å²) in [7, 11) is 5.66. The molecule has 1 aliphatic carbocycles. The van der Waals surface area contributed by atoms with Gasteiger partial charge in [-0.25, -0.2) is 9.97 Å². The number of aromatic nitrogens is 2. The minimum Gasteiger partial charge on any atom is -0.496 e. The van der Waals surface area contributed by atoms with Crippen LogP contribution in [0.15, 0.2) is 42.5 Å². The second-order valence-corrected chi connectivity index (χ2v) is 9.77. The maximum atomic E-state index is 5.64. The number of piperidine rings is 1. The average molecular weight is 461 g/mol. The zero-order chi connectivity index (χ0) is 23.5. The van der Waals surface area contributed by atoms with Gasteiger partial charge in [0.15, 0.2) is 0 Å². The summed E-state index contributed by atoms with van der Waals surface area (Å²) < 4.78 is 10.9. The van der Waals surface area contributed by atoms with Crippen LogP contribution in [0, 0.1) is 0 Å². The van der Waals surface area contributed by atoms with E-state index in [4.69, 9.17) is 19.4 Å². The molecule has 1 saturated heterocycles. The topological polar surface area (TPSA) is 50.7 Å². The molecule has 2 fully saturated rings. The average Bonchev–Trinajstić information content (AvgIpc) is 3.73. The van der Waals surface area contributed by atoms with E-state index in [1.165, 1.54) is 29.4 Å². The maximum Gasteiger partial charge on any atom is 0.140 e. The minimum atomic E-state index is 0.522. The third-order valence-corrected chi connectivity index (χ3v) is 7.20. The lowest BCUT2D eigenvalue weighted by atomic mass is 9.88. The van der Waals surface area contributed by atoms with Gasteiger partial charge in [0.25, 0.3) is 0 Å². The molecule has 1 saturated carbocycles. The van der Waals surface area contributed by atoms with E-state index >= 15 is 0 Å². The number of nitrogens with zero attached hydrogens (tertiary/aromatic N) is 4. The van der Waals surface area contributed by atoms with E-state index in [1.54, 1.807) is 14.2 Å². The highest BCUT2D eigenvalue weighted by molar-refractivity contribution is 5.90. The number of hydrogen-bond donors (Lipinski definition) is 0. The van der Waals surface area contributed by atoms with Crippen molar-refractivity contribution < 1.29 is 9.47 Å². The molecule has 34 heavy (non-hydrogen) atoms. The molecule has 0 N–H and O–H groups in total. The molecule has 0 bridgehead atoms. The molecule has 1 aliphatic heterocycles. The summed E-state index contributed by atoms with van der Waals surface area (Å²) in [4.78, 5) is 14.9. The van der Waals surface area contributed by atoms with Gasteiger partial charge in [-0.05, 0) is 68.0 Å². The Balaban J connectivity index is 1.40. The van der Waals surface area contributed by atoms with E-state index in [1.807, 2.05) is 6.07 Å². The molecule has 2 aromatic carbocycles. The molecular formula is C28H36N4O2. The molecular weight excluding hydrogens is 424 g/mol. The van der Waals surface area contributed by atoms with Gasteiger partial charge in [0.2, 0.25) is 0 Å². The Kier molecular flexibility index (Phi) is 6.97. The smallest absolute Gasteiger partial charge is 0.140 e. The number of benzene rings is 2. The van der Waals surface area contributed by atoms with E-state index in [-0.39, 0.29) is 0 Å². The summed E-state index contributed by atoms with van der Waals surface area (Å²) in [5.41, 5.74) is 3.69. The van der Waals surface area contributed by atoms with E-state index in [9.17, 15) is 0 Å². The van der Waals surface area contributed by atoms with Gasteiger partial charge >= 0.3 is 0 Å². The van der Waals surface area contributed by atoms with E-state index in [0.29, 0.717) is 11.8 Å². The zero-order valence-electron chi connectivity index (χ0n) is 20.7. The van der Waals surface area contributed by atoms with Crippen LogP contribution in [0.1, 0.15) is 54.5 Å². The first kappa shape index (κ1) is 23.1. The van der Waals surface area contributed by atoms with E-state index < -0.39 is 0 Å². The number of likely N-dealkylation sites (N-methyl/N-ethyl adjacent to an activating group) is 1. The van der Waals surface area contributed by atoms with Gasteiger partial charge in [-0.15, -0.1) is 0 Å². The Morgan fingerprint density at radius 2 is 1.76 bits per heavy atom. The lowest BCUT2D eigenvalue weighted by molar-refractivity contribution is 0.158. The van der Waals surface area contributed by atoms with Crippen molar-refractivity contribution in [3.05, 3.63) is 59.4 Å². The van der Waals surface area contributed by atoms with Crippen molar-refractivity contribution in [2.24, 2.45) is 0 Å². The predicted octanol–water partition coefficient (Wildman–Crippen LogP) is 4.98. The molecule has 5 rings (SSSR count). The first-order valence-corrected chi connectivity index (χ1v) is 12.5. The van der Waals surface area contributed by atoms with Crippen LogP contribution < -0.4 is 9.64 Å². The normalized spacial score (nSPS) is 17.0. The van der Waals surface area contributed by atoms with Gasteiger partial charge in [-0.3, -0.25) is 4.90 Å². The van der Waals surface area contributed by atoms with Gasteiger partial charge in [0.1, 0.15) is 17.4 Å². The van der Waals surface area contributed by atoms with Crippen molar-refractivity contribution in [3.8, 4) is 5.75 Å². The summed E-state index contributed by atoms with van der Waals surface area (Å²) in [6.45, 7) is 4.53. The van der Waals surface area contributed by atoms with Gasteiger partial charge in [-0.2, -0.15) is 0 Å². The third-order valence-electron chi connectivity index (χ3n) is 7.20. The molecule has 3 aromatic rings. The monoisotopic (exact) mass is 460 g/mol. The highest BCUT2D eigenvalue weighted by Crippen LogP contribution is 2.41. The second kappa shape index (κ2) is 10.3. The fourth-order valence-electron chi connectivity index (χ4n) is 5.08. The number of fused-ring (bicyclic) bond motifs is 1. The van der Waals surface area contributed by atoms with E-state index in [2.05, 4.69) is 53.2 Å². The van der Waals surface area contributed by atoms with Crippen LogP contribution in [-0.2, 0) is 11.3 Å². The second-order valence-electron chi connectivity index (χ2n) is 9.77. The first-order chi connectivity index (χ1) is 16.7. The van der Waals surface area contributed by atoms with Gasteiger partial charge in [-0.1, -0.05) is 24.3 Å². The number of rotatable bonds is 9. The van der Waals surface area contributed by atoms with Gasteiger partial charge in [0.05, 0.1) is 19.2 Å². The van der Waals surface area contributed by atoms with Crippen molar-refractivity contribution in [1.29, 1.82) is 0 Å². The van der Waals surface area contributed by atoms with Crippen LogP contribution in [0.5, 0.6) is 5.75 Å². The van der Waals surface area contributed by atoms with Crippen molar-refractivity contribution >= 4 is 16.7 Å². The van der Waals surface area contributed by atoms with Crippen LogP contribution in [-0.4, -0.2) is 62.4 Å². The molecule has 6 heteroatoms.